The van der Waals surface area contributed by atoms with Gasteiger partial charge in [-0.2, -0.15) is 0 Å². The number of hydrogen-bond acceptors (Lipinski definition) is 7. The summed E-state index contributed by atoms with van der Waals surface area (Å²) in [4.78, 5) is 25.3. The summed E-state index contributed by atoms with van der Waals surface area (Å²) in [6.07, 6.45) is 0. The molecule has 0 amide bonds. The maximum atomic E-state index is 6.57. The fourth-order valence-corrected chi connectivity index (χ4v) is 8.62. The lowest BCUT2D eigenvalue weighted by atomic mass is 10.00. The molecule has 7 heteroatoms. The summed E-state index contributed by atoms with van der Waals surface area (Å²) in [6, 6.07) is 59.8. The van der Waals surface area contributed by atoms with Gasteiger partial charge < -0.3 is 4.42 Å². The Morgan fingerprint density at radius 3 is 1.71 bits per heavy atom. The average molecular weight is 736 g/mol. The van der Waals surface area contributed by atoms with Gasteiger partial charge in [-0.1, -0.05) is 146 Å². The summed E-state index contributed by atoms with van der Waals surface area (Å²) in [5, 5.41) is 3.10. The lowest BCUT2D eigenvalue weighted by Crippen LogP contribution is -2.00. The van der Waals surface area contributed by atoms with Gasteiger partial charge in [0.25, 0.3) is 0 Å². The van der Waals surface area contributed by atoms with E-state index in [1.807, 2.05) is 78.9 Å². The van der Waals surface area contributed by atoms with Crippen molar-refractivity contribution in [3.8, 4) is 67.9 Å². The van der Waals surface area contributed by atoms with Crippen LogP contribution >= 0.6 is 11.3 Å². The summed E-state index contributed by atoms with van der Waals surface area (Å²) < 4.78 is 8.87. The zero-order valence-electron chi connectivity index (χ0n) is 29.8. The van der Waals surface area contributed by atoms with Gasteiger partial charge in [-0.15, -0.1) is 11.3 Å². The molecule has 0 unspecified atom stereocenters. The number of nitrogens with zero attached hydrogens (tertiary/aromatic N) is 5. The van der Waals surface area contributed by atoms with Gasteiger partial charge in [0.1, 0.15) is 11.2 Å². The van der Waals surface area contributed by atoms with Gasteiger partial charge >= 0.3 is 0 Å². The van der Waals surface area contributed by atoms with E-state index in [-0.39, 0.29) is 0 Å². The molecule has 0 saturated carbocycles. The molecule has 0 N–H and O–H groups in total. The minimum Gasteiger partial charge on any atom is -0.456 e. The van der Waals surface area contributed by atoms with E-state index in [4.69, 9.17) is 29.3 Å². The predicted octanol–water partition coefficient (Wildman–Crippen LogP) is 12.9. The largest absolute Gasteiger partial charge is 0.456 e. The third-order valence-corrected chi connectivity index (χ3v) is 11.3. The molecule has 4 aromatic heterocycles. The van der Waals surface area contributed by atoms with Crippen LogP contribution in [0.15, 0.2) is 180 Å². The van der Waals surface area contributed by atoms with Crippen molar-refractivity contribution in [1.29, 1.82) is 0 Å². The molecule has 4 heterocycles. The van der Waals surface area contributed by atoms with Crippen molar-refractivity contribution in [2.24, 2.45) is 0 Å². The fourth-order valence-electron chi connectivity index (χ4n) is 7.47. The molecule has 0 radical (unpaired) electrons. The first-order valence-corrected chi connectivity index (χ1v) is 19.2. The van der Waals surface area contributed by atoms with Crippen LogP contribution in [0.5, 0.6) is 0 Å². The van der Waals surface area contributed by atoms with E-state index in [2.05, 4.69) is 97.1 Å². The second kappa shape index (κ2) is 13.2. The quantitative estimate of drug-likeness (QED) is 0.169. The molecule has 0 bridgehead atoms. The molecule has 56 heavy (non-hydrogen) atoms. The first-order valence-electron chi connectivity index (χ1n) is 18.4. The van der Waals surface area contributed by atoms with Crippen LogP contribution in [0, 0.1) is 0 Å². The Morgan fingerprint density at radius 2 is 0.964 bits per heavy atom. The Hall–Kier alpha value is -7.35. The molecule has 0 fully saturated rings. The Labute approximate surface area is 325 Å². The zero-order valence-corrected chi connectivity index (χ0v) is 30.6. The molecule has 0 atom stereocenters. The van der Waals surface area contributed by atoms with Crippen molar-refractivity contribution in [3.63, 3.8) is 0 Å². The highest BCUT2D eigenvalue weighted by Crippen LogP contribution is 2.41. The molecule has 0 aliphatic heterocycles. The normalized spacial score (nSPS) is 11.6. The second-order valence-corrected chi connectivity index (χ2v) is 14.7. The minimum absolute atomic E-state index is 0.591. The highest BCUT2D eigenvalue weighted by Gasteiger charge is 2.20. The number of furan rings is 1. The number of aromatic nitrogens is 5. The van der Waals surface area contributed by atoms with E-state index < -0.39 is 0 Å². The third kappa shape index (κ3) is 5.52. The number of thiophene rings is 1. The fraction of sp³-hybridized carbons (Fsp3) is 0. The maximum absolute atomic E-state index is 6.57. The third-order valence-electron chi connectivity index (χ3n) is 10.2. The Morgan fingerprint density at radius 1 is 0.375 bits per heavy atom. The predicted molar refractivity (Wildman–Crippen MR) is 228 cm³/mol. The van der Waals surface area contributed by atoms with Gasteiger partial charge in [-0.3, -0.25) is 0 Å². The summed E-state index contributed by atoms with van der Waals surface area (Å²) >= 11 is 1.74. The molecule has 0 spiro atoms. The monoisotopic (exact) mass is 735 g/mol. The van der Waals surface area contributed by atoms with E-state index in [1.54, 1.807) is 11.3 Å². The SMILES string of the molecule is c1ccc(-c2nc(-c3ccccc3)nc(-c3cccc4oc5cc(-c6cccc(-c7nc(-c8ccccc8)c8sc9ccccc9c8n7)c6)ccc5c34)n2)cc1. The van der Waals surface area contributed by atoms with Crippen LogP contribution < -0.4 is 0 Å². The van der Waals surface area contributed by atoms with E-state index in [0.29, 0.717) is 23.3 Å². The number of fused-ring (bicyclic) bond motifs is 6. The van der Waals surface area contributed by atoms with Gasteiger partial charge in [-0.25, -0.2) is 24.9 Å². The van der Waals surface area contributed by atoms with Crippen LogP contribution in [0.1, 0.15) is 0 Å². The molecule has 7 aromatic carbocycles. The van der Waals surface area contributed by atoms with Crippen LogP contribution in [-0.4, -0.2) is 24.9 Å². The highest BCUT2D eigenvalue weighted by atomic mass is 32.1. The molecule has 6 nitrogen and oxygen atoms in total. The van der Waals surface area contributed by atoms with Gasteiger partial charge in [-0.05, 0) is 41.5 Å². The standard InChI is InChI=1S/C49H29N5OS/c1-4-14-30(15-5-1)43-45-44(37-22-10-11-25-41(37)56-45)51-48(50-43)35-21-12-20-33(28-35)34-26-27-36-40(29-34)55-39-24-13-23-38(42(36)39)49-53-46(31-16-6-2-7-17-31)52-47(54-49)32-18-8-3-9-19-32/h1-29H. The van der Waals surface area contributed by atoms with Crippen LogP contribution in [0.25, 0.3) is 110 Å². The van der Waals surface area contributed by atoms with Gasteiger partial charge in [0.15, 0.2) is 23.3 Å². The van der Waals surface area contributed by atoms with Crippen molar-refractivity contribution < 1.29 is 4.42 Å². The minimum atomic E-state index is 0.591. The molecule has 11 aromatic rings. The van der Waals surface area contributed by atoms with E-state index >= 15 is 0 Å². The smallest absolute Gasteiger partial charge is 0.164 e. The summed E-state index contributed by atoms with van der Waals surface area (Å²) in [6.45, 7) is 0. The Bertz CT molecular complexity index is 3190. The van der Waals surface area contributed by atoms with Gasteiger partial charge in [0.2, 0.25) is 0 Å². The van der Waals surface area contributed by atoms with E-state index in [9.17, 15) is 0 Å². The topological polar surface area (TPSA) is 77.6 Å². The van der Waals surface area contributed by atoms with Crippen molar-refractivity contribution in [1.82, 2.24) is 24.9 Å². The molecule has 262 valence electrons. The summed E-state index contributed by atoms with van der Waals surface area (Å²) in [7, 11) is 0. The van der Waals surface area contributed by atoms with Crippen LogP contribution in [-0.2, 0) is 0 Å². The lowest BCUT2D eigenvalue weighted by Gasteiger charge is -2.09. The first kappa shape index (κ1) is 32.1. The maximum Gasteiger partial charge on any atom is 0.164 e. The zero-order chi connectivity index (χ0) is 37.0. The number of hydrogen-bond donors (Lipinski definition) is 0. The Balaban J connectivity index is 1.03. The van der Waals surface area contributed by atoms with Crippen molar-refractivity contribution in [2.75, 3.05) is 0 Å². The van der Waals surface area contributed by atoms with Crippen LogP contribution in [0.2, 0.25) is 0 Å². The average Bonchev–Trinajstić information content (AvgIpc) is 3.85. The molecular weight excluding hydrogens is 707 g/mol. The molecule has 11 rings (SSSR count). The van der Waals surface area contributed by atoms with E-state index in [1.165, 1.54) is 4.70 Å². The van der Waals surface area contributed by atoms with Crippen LogP contribution in [0.3, 0.4) is 0 Å². The van der Waals surface area contributed by atoms with Crippen molar-refractivity contribution in [3.05, 3.63) is 176 Å². The Kier molecular flexibility index (Phi) is 7.57. The van der Waals surface area contributed by atoms with Gasteiger partial charge in [0, 0.05) is 48.7 Å². The first-order chi connectivity index (χ1) is 27.7. The number of rotatable bonds is 6. The molecule has 0 saturated heterocycles. The van der Waals surface area contributed by atoms with Gasteiger partial charge in [0.05, 0.1) is 15.9 Å². The van der Waals surface area contributed by atoms with Crippen molar-refractivity contribution >= 4 is 53.6 Å². The summed E-state index contributed by atoms with van der Waals surface area (Å²) in [5.74, 6) is 2.52. The van der Waals surface area contributed by atoms with E-state index in [0.717, 1.165) is 82.2 Å². The number of benzene rings is 7. The van der Waals surface area contributed by atoms with Crippen molar-refractivity contribution in [2.45, 2.75) is 0 Å². The molecule has 0 aliphatic carbocycles. The lowest BCUT2D eigenvalue weighted by molar-refractivity contribution is 0.669. The molecular formula is C49H29N5OS. The highest BCUT2D eigenvalue weighted by molar-refractivity contribution is 7.26. The van der Waals surface area contributed by atoms with Crippen LogP contribution in [0.4, 0.5) is 0 Å². The second-order valence-electron chi connectivity index (χ2n) is 13.6. The molecule has 0 aliphatic rings. The summed E-state index contributed by atoms with van der Waals surface area (Å²) in [5.41, 5.74) is 10.3.